The minimum Gasteiger partial charge on any atom is -0.293 e. The maximum absolute atomic E-state index is 13.3. The Kier molecular flexibility index (Phi) is 4.82. The molecule has 0 spiro atoms. The van der Waals surface area contributed by atoms with E-state index in [9.17, 15) is 13.6 Å². The smallest absolute Gasteiger partial charge is 0.173 e. The van der Waals surface area contributed by atoms with E-state index in [-0.39, 0.29) is 17.4 Å². The van der Waals surface area contributed by atoms with Crippen molar-refractivity contribution in [3.8, 4) is 11.1 Å². The van der Waals surface area contributed by atoms with Gasteiger partial charge in [0.1, 0.15) is 11.6 Å². The van der Waals surface area contributed by atoms with E-state index in [2.05, 4.69) is 0 Å². The number of fused-ring (bicyclic) bond motifs is 1. The molecule has 0 fully saturated rings. The highest BCUT2D eigenvalue weighted by Crippen LogP contribution is 2.39. The standard InChI is InChI=1S/C23H16F2OS/c24-17-10-5-15(6-11-17)7-14-20(26)23-22(16-8-12-18(25)13-9-16)19-3-1-2-4-21(19)27-23/h1-6,8-13H,7,14H2. The van der Waals surface area contributed by atoms with E-state index in [1.54, 1.807) is 24.3 Å². The van der Waals surface area contributed by atoms with Crippen molar-refractivity contribution in [2.45, 2.75) is 12.8 Å². The van der Waals surface area contributed by atoms with Crippen molar-refractivity contribution in [2.24, 2.45) is 0 Å². The molecule has 4 rings (SSSR count). The molecule has 0 atom stereocenters. The van der Waals surface area contributed by atoms with Crippen LogP contribution in [-0.2, 0) is 6.42 Å². The summed E-state index contributed by atoms with van der Waals surface area (Å²) in [4.78, 5) is 13.7. The summed E-state index contributed by atoms with van der Waals surface area (Å²) in [6.07, 6.45) is 0.892. The molecule has 1 heterocycles. The van der Waals surface area contributed by atoms with Crippen molar-refractivity contribution >= 4 is 27.2 Å². The van der Waals surface area contributed by atoms with E-state index in [1.165, 1.54) is 35.6 Å². The lowest BCUT2D eigenvalue weighted by molar-refractivity contribution is 0.0987. The highest BCUT2D eigenvalue weighted by Gasteiger charge is 2.19. The van der Waals surface area contributed by atoms with Gasteiger partial charge in [0.15, 0.2) is 5.78 Å². The Morgan fingerprint density at radius 2 is 1.44 bits per heavy atom. The molecule has 0 bridgehead atoms. The first-order valence-corrected chi connectivity index (χ1v) is 9.48. The molecule has 0 amide bonds. The van der Waals surface area contributed by atoms with Gasteiger partial charge in [-0.1, -0.05) is 42.5 Å². The fraction of sp³-hybridized carbons (Fsp3) is 0.0870. The van der Waals surface area contributed by atoms with Gasteiger partial charge in [0.05, 0.1) is 4.88 Å². The second-order valence-electron chi connectivity index (χ2n) is 6.36. The molecule has 134 valence electrons. The van der Waals surface area contributed by atoms with Crippen LogP contribution < -0.4 is 0 Å². The molecule has 0 aliphatic heterocycles. The zero-order valence-corrected chi connectivity index (χ0v) is 15.2. The van der Waals surface area contributed by atoms with Crippen molar-refractivity contribution in [1.29, 1.82) is 0 Å². The average molecular weight is 378 g/mol. The van der Waals surface area contributed by atoms with Gasteiger partial charge in [-0.05, 0) is 47.9 Å². The highest BCUT2D eigenvalue weighted by atomic mass is 32.1. The van der Waals surface area contributed by atoms with E-state index in [1.807, 2.05) is 24.3 Å². The zero-order valence-electron chi connectivity index (χ0n) is 14.4. The SMILES string of the molecule is O=C(CCc1ccc(F)cc1)c1sc2ccccc2c1-c1ccc(F)cc1. The van der Waals surface area contributed by atoms with Crippen LogP contribution in [0.3, 0.4) is 0 Å². The van der Waals surface area contributed by atoms with E-state index in [4.69, 9.17) is 0 Å². The molecule has 4 heteroatoms. The number of carbonyl (C=O) groups excluding carboxylic acids is 1. The molecule has 0 unspecified atom stereocenters. The highest BCUT2D eigenvalue weighted by molar-refractivity contribution is 7.21. The molecular weight excluding hydrogens is 362 g/mol. The van der Waals surface area contributed by atoms with Crippen molar-refractivity contribution in [2.75, 3.05) is 0 Å². The lowest BCUT2D eigenvalue weighted by Gasteiger charge is -2.06. The Labute approximate surface area is 159 Å². The van der Waals surface area contributed by atoms with Crippen LogP contribution in [0.1, 0.15) is 21.7 Å². The Balaban J connectivity index is 1.70. The summed E-state index contributed by atoms with van der Waals surface area (Å²) in [5, 5.41) is 0.999. The van der Waals surface area contributed by atoms with E-state index in [0.717, 1.165) is 26.8 Å². The van der Waals surface area contributed by atoms with Crippen molar-refractivity contribution in [1.82, 2.24) is 0 Å². The second-order valence-corrected chi connectivity index (χ2v) is 7.41. The van der Waals surface area contributed by atoms with Crippen LogP contribution in [0, 0.1) is 11.6 Å². The van der Waals surface area contributed by atoms with Crippen LogP contribution in [0.4, 0.5) is 8.78 Å². The van der Waals surface area contributed by atoms with Gasteiger partial charge in [-0.2, -0.15) is 0 Å². The average Bonchev–Trinajstić information content (AvgIpc) is 3.08. The van der Waals surface area contributed by atoms with Crippen molar-refractivity contribution < 1.29 is 13.6 Å². The van der Waals surface area contributed by atoms with Crippen LogP contribution in [-0.4, -0.2) is 5.78 Å². The largest absolute Gasteiger partial charge is 0.293 e. The summed E-state index contributed by atoms with van der Waals surface area (Å²) in [5.41, 5.74) is 2.62. The summed E-state index contributed by atoms with van der Waals surface area (Å²) in [6, 6.07) is 20.3. The third kappa shape index (κ3) is 3.67. The lowest BCUT2D eigenvalue weighted by atomic mass is 9.98. The Morgan fingerprint density at radius 1 is 0.815 bits per heavy atom. The first kappa shape index (κ1) is 17.6. The maximum Gasteiger partial charge on any atom is 0.173 e. The number of hydrogen-bond acceptors (Lipinski definition) is 2. The predicted molar refractivity (Wildman–Crippen MR) is 106 cm³/mol. The molecule has 1 nitrogen and oxygen atoms in total. The van der Waals surface area contributed by atoms with E-state index >= 15 is 0 Å². The molecule has 0 saturated heterocycles. The zero-order chi connectivity index (χ0) is 18.8. The summed E-state index contributed by atoms with van der Waals surface area (Å²) in [6.45, 7) is 0. The Hall–Kier alpha value is -2.85. The monoisotopic (exact) mass is 378 g/mol. The Bertz CT molecular complexity index is 1100. The topological polar surface area (TPSA) is 17.1 Å². The van der Waals surface area contributed by atoms with Crippen LogP contribution in [0.25, 0.3) is 21.2 Å². The van der Waals surface area contributed by atoms with Crippen LogP contribution in [0.15, 0.2) is 72.8 Å². The lowest BCUT2D eigenvalue weighted by Crippen LogP contribution is -2.01. The molecule has 0 saturated carbocycles. The van der Waals surface area contributed by atoms with Gasteiger partial charge in [-0.25, -0.2) is 8.78 Å². The fourth-order valence-corrected chi connectivity index (χ4v) is 4.36. The predicted octanol–water partition coefficient (Wildman–Crippen LogP) is 6.66. The number of aryl methyl sites for hydroxylation is 1. The van der Waals surface area contributed by atoms with Crippen LogP contribution >= 0.6 is 11.3 Å². The molecule has 0 N–H and O–H groups in total. The van der Waals surface area contributed by atoms with Gasteiger partial charge in [-0.15, -0.1) is 11.3 Å². The molecule has 0 aliphatic rings. The van der Waals surface area contributed by atoms with Gasteiger partial charge in [-0.3, -0.25) is 4.79 Å². The number of thiophene rings is 1. The van der Waals surface area contributed by atoms with Gasteiger partial charge >= 0.3 is 0 Å². The van der Waals surface area contributed by atoms with Gasteiger partial charge in [0.2, 0.25) is 0 Å². The van der Waals surface area contributed by atoms with Crippen molar-refractivity contribution in [3.05, 3.63) is 94.9 Å². The minimum atomic E-state index is -0.303. The van der Waals surface area contributed by atoms with E-state index in [0.29, 0.717) is 17.7 Å². The van der Waals surface area contributed by atoms with Gasteiger partial charge in [0, 0.05) is 22.1 Å². The number of rotatable bonds is 5. The first-order valence-electron chi connectivity index (χ1n) is 8.67. The number of Topliss-reactive ketones (excluding diaryl/α,β-unsaturated/α-hetero) is 1. The number of carbonyl (C=O) groups is 1. The maximum atomic E-state index is 13.3. The molecule has 1 aromatic heterocycles. The third-order valence-corrected chi connectivity index (χ3v) is 5.75. The summed E-state index contributed by atoms with van der Waals surface area (Å²) < 4.78 is 27.4. The van der Waals surface area contributed by atoms with E-state index < -0.39 is 0 Å². The molecule has 27 heavy (non-hydrogen) atoms. The van der Waals surface area contributed by atoms with Gasteiger partial charge in [0.25, 0.3) is 0 Å². The second kappa shape index (κ2) is 7.41. The Morgan fingerprint density at radius 3 is 2.15 bits per heavy atom. The number of hydrogen-bond donors (Lipinski definition) is 0. The fourth-order valence-electron chi connectivity index (χ4n) is 3.17. The number of benzene rings is 3. The summed E-state index contributed by atoms with van der Waals surface area (Å²) in [5.74, 6) is -0.546. The third-order valence-electron chi connectivity index (χ3n) is 4.54. The normalized spacial score (nSPS) is 11.0. The molecule has 0 aliphatic carbocycles. The molecule has 4 aromatic rings. The quantitative estimate of drug-likeness (QED) is 0.355. The van der Waals surface area contributed by atoms with Crippen LogP contribution in [0.5, 0.6) is 0 Å². The summed E-state index contributed by atoms with van der Waals surface area (Å²) in [7, 11) is 0. The molecule has 3 aromatic carbocycles. The van der Waals surface area contributed by atoms with Gasteiger partial charge < -0.3 is 0 Å². The summed E-state index contributed by atoms with van der Waals surface area (Å²) >= 11 is 1.47. The van der Waals surface area contributed by atoms with Crippen molar-refractivity contribution in [3.63, 3.8) is 0 Å². The van der Waals surface area contributed by atoms with Crippen LogP contribution in [0.2, 0.25) is 0 Å². The first-order chi connectivity index (χ1) is 13.1. The number of halogens is 2. The minimum absolute atomic E-state index is 0.0415. The number of ketones is 1. The molecular formula is C23H16F2OS. The molecule has 0 radical (unpaired) electrons.